The van der Waals surface area contributed by atoms with Crippen molar-refractivity contribution in [3.05, 3.63) is 57.8 Å². The van der Waals surface area contributed by atoms with Crippen LogP contribution in [0.4, 0.5) is 0 Å². The van der Waals surface area contributed by atoms with Crippen molar-refractivity contribution in [3.63, 3.8) is 0 Å². The standard InChI is InChI=1S/C20H27N3O2S/c1-4-15-7-9-16(10-8-15)17(23(2)3)14-22-19(24)11-12-21-20(25)18-6-5-13-26-18/h5-10,13,17H,4,11-12,14H2,1-3H3,(H,21,25)(H,22,24)/t17-/m1/s1. The van der Waals surface area contributed by atoms with Crippen LogP contribution in [0.1, 0.15) is 40.2 Å². The zero-order valence-electron chi connectivity index (χ0n) is 15.6. The molecule has 5 nitrogen and oxygen atoms in total. The van der Waals surface area contributed by atoms with Crippen LogP contribution >= 0.6 is 11.3 Å². The third kappa shape index (κ3) is 5.97. The van der Waals surface area contributed by atoms with Crippen LogP contribution < -0.4 is 10.6 Å². The van der Waals surface area contributed by atoms with E-state index in [9.17, 15) is 9.59 Å². The SMILES string of the molecule is CCc1ccc([C@@H](CNC(=O)CCNC(=O)c2cccs2)N(C)C)cc1. The Morgan fingerprint density at radius 1 is 1.12 bits per heavy atom. The molecule has 0 unspecified atom stereocenters. The molecular weight excluding hydrogens is 346 g/mol. The number of benzene rings is 1. The van der Waals surface area contributed by atoms with Crippen molar-refractivity contribution in [2.45, 2.75) is 25.8 Å². The first-order chi connectivity index (χ1) is 12.5. The number of rotatable bonds is 9. The summed E-state index contributed by atoms with van der Waals surface area (Å²) >= 11 is 1.39. The molecule has 0 radical (unpaired) electrons. The zero-order valence-corrected chi connectivity index (χ0v) is 16.4. The normalized spacial score (nSPS) is 12.0. The van der Waals surface area contributed by atoms with E-state index in [1.165, 1.54) is 22.5 Å². The van der Waals surface area contributed by atoms with Crippen molar-refractivity contribution >= 4 is 23.2 Å². The van der Waals surface area contributed by atoms with E-state index in [1.807, 2.05) is 25.5 Å². The zero-order chi connectivity index (χ0) is 18.9. The minimum absolute atomic E-state index is 0.0616. The first-order valence-electron chi connectivity index (χ1n) is 8.85. The lowest BCUT2D eigenvalue weighted by Crippen LogP contribution is -2.36. The van der Waals surface area contributed by atoms with Crippen LogP contribution in [-0.4, -0.2) is 43.9 Å². The van der Waals surface area contributed by atoms with Gasteiger partial charge in [-0.1, -0.05) is 37.3 Å². The highest BCUT2D eigenvalue weighted by Gasteiger charge is 2.15. The molecule has 0 aliphatic heterocycles. The molecule has 26 heavy (non-hydrogen) atoms. The molecule has 1 aromatic heterocycles. The molecule has 6 heteroatoms. The average Bonchev–Trinajstić information content (AvgIpc) is 3.17. The van der Waals surface area contributed by atoms with Gasteiger partial charge in [0, 0.05) is 19.5 Å². The fourth-order valence-corrected chi connectivity index (χ4v) is 3.30. The van der Waals surface area contributed by atoms with Crippen molar-refractivity contribution in [1.29, 1.82) is 0 Å². The lowest BCUT2D eigenvalue weighted by atomic mass is 10.0. The third-order valence-corrected chi connectivity index (χ3v) is 5.14. The smallest absolute Gasteiger partial charge is 0.261 e. The number of amides is 2. The van der Waals surface area contributed by atoms with E-state index < -0.39 is 0 Å². The van der Waals surface area contributed by atoms with E-state index in [0.717, 1.165) is 6.42 Å². The molecule has 0 bridgehead atoms. The summed E-state index contributed by atoms with van der Waals surface area (Å²) in [6.45, 7) is 3.01. The fourth-order valence-electron chi connectivity index (χ4n) is 2.66. The quantitative estimate of drug-likeness (QED) is 0.710. The maximum absolute atomic E-state index is 12.1. The van der Waals surface area contributed by atoms with Crippen molar-refractivity contribution < 1.29 is 9.59 Å². The predicted octanol–water partition coefficient (Wildman–Crippen LogP) is 2.85. The summed E-state index contributed by atoms with van der Waals surface area (Å²) in [6.07, 6.45) is 1.28. The number of aryl methyl sites for hydroxylation is 1. The summed E-state index contributed by atoms with van der Waals surface area (Å²) in [5, 5.41) is 7.60. The Morgan fingerprint density at radius 2 is 1.85 bits per heavy atom. The molecule has 2 N–H and O–H groups in total. The highest BCUT2D eigenvalue weighted by atomic mass is 32.1. The first kappa shape index (κ1) is 20.1. The number of hydrogen-bond donors (Lipinski definition) is 2. The van der Waals surface area contributed by atoms with Crippen molar-refractivity contribution in [1.82, 2.24) is 15.5 Å². The van der Waals surface area contributed by atoms with Crippen LogP contribution in [0.25, 0.3) is 0 Å². The first-order valence-corrected chi connectivity index (χ1v) is 9.73. The average molecular weight is 374 g/mol. The molecule has 0 aliphatic rings. The van der Waals surface area contributed by atoms with Crippen LogP contribution in [0.5, 0.6) is 0 Å². The highest BCUT2D eigenvalue weighted by Crippen LogP contribution is 2.18. The van der Waals surface area contributed by atoms with Gasteiger partial charge in [0.05, 0.1) is 10.9 Å². The monoisotopic (exact) mass is 373 g/mol. The molecule has 0 spiro atoms. The number of thiophene rings is 1. The van der Waals surface area contributed by atoms with E-state index >= 15 is 0 Å². The summed E-state index contributed by atoms with van der Waals surface area (Å²) in [7, 11) is 4.01. The lowest BCUT2D eigenvalue weighted by molar-refractivity contribution is -0.121. The van der Waals surface area contributed by atoms with Gasteiger partial charge in [-0.15, -0.1) is 11.3 Å². The number of carbonyl (C=O) groups excluding carboxylic acids is 2. The molecule has 0 fully saturated rings. The largest absolute Gasteiger partial charge is 0.354 e. The van der Waals surface area contributed by atoms with E-state index in [0.29, 0.717) is 18.0 Å². The number of hydrogen-bond acceptors (Lipinski definition) is 4. The number of carbonyl (C=O) groups is 2. The lowest BCUT2D eigenvalue weighted by Gasteiger charge is -2.25. The Kier molecular flexibility index (Phi) is 7.81. The van der Waals surface area contributed by atoms with E-state index in [2.05, 4.69) is 46.7 Å². The summed E-state index contributed by atoms with van der Waals surface area (Å²) in [4.78, 5) is 26.7. The second kappa shape index (κ2) is 10.1. The number of nitrogens with zero attached hydrogens (tertiary/aromatic N) is 1. The second-order valence-corrected chi connectivity index (χ2v) is 7.31. The van der Waals surface area contributed by atoms with Gasteiger partial charge >= 0.3 is 0 Å². The molecule has 1 heterocycles. The Labute approximate surface area is 159 Å². The molecule has 1 aromatic carbocycles. The Hall–Kier alpha value is -2.18. The van der Waals surface area contributed by atoms with Crippen LogP contribution in [0.15, 0.2) is 41.8 Å². The molecule has 1 atom stereocenters. The summed E-state index contributed by atoms with van der Waals surface area (Å²) < 4.78 is 0. The Bertz CT molecular complexity index is 696. The summed E-state index contributed by atoms with van der Waals surface area (Å²) in [5.41, 5.74) is 2.48. The van der Waals surface area contributed by atoms with Crippen LogP contribution in [0.2, 0.25) is 0 Å². The topological polar surface area (TPSA) is 61.4 Å². The highest BCUT2D eigenvalue weighted by molar-refractivity contribution is 7.12. The molecular formula is C20H27N3O2S. The van der Waals surface area contributed by atoms with Gasteiger partial charge in [-0.3, -0.25) is 9.59 Å². The maximum Gasteiger partial charge on any atom is 0.261 e. The number of nitrogens with one attached hydrogen (secondary N) is 2. The minimum Gasteiger partial charge on any atom is -0.354 e. The predicted molar refractivity (Wildman–Crippen MR) is 107 cm³/mol. The van der Waals surface area contributed by atoms with Gasteiger partial charge in [0.15, 0.2) is 0 Å². The van der Waals surface area contributed by atoms with Gasteiger partial charge < -0.3 is 15.5 Å². The minimum atomic E-state index is -0.130. The van der Waals surface area contributed by atoms with Gasteiger partial charge in [0.2, 0.25) is 5.91 Å². The van der Waals surface area contributed by atoms with Gasteiger partial charge in [0.1, 0.15) is 0 Å². The molecule has 0 saturated heterocycles. The van der Waals surface area contributed by atoms with Gasteiger partial charge in [0.25, 0.3) is 5.91 Å². The van der Waals surface area contributed by atoms with Crippen molar-refractivity contribution in [3.8, 4) is 0 Å². The van der Waals surface area contributed by atoms with Crippen LogP contribution in [-0.2, 0) is 11.2 Å². The van der Waals surface area contributed by atoms with E-state index in [1.54, 1.807) is 6.07 Å². The fraction of sp³-hybridized carbons (Fsp3) is 0.400. The molecule has 0 saturated carbocycles. The van der Waals surface area contributed by atoms with E-state index in [-0.39, 0.29) is 24.3 Å². The maximum atomic E-state index is 12.1. The van der Waals surface area contributed by atoms with Gasteiger partial charge in [-0.2, -0.15) is 0 Å². The van der Waals surface area contributed by atoms with Gasteiger partial charge in [-0.05, 0) is 43.1 Å². The van der Waals surface area contributed by atoms with Crippen LogP contribution in [0, 0.1) is 0 Å². The molecule has 2 aromatic rings. The van der Waals surface area contributed by atoms with Crippen molar-refractivity contribution in [2.24, 2.45) is 0 Å². The molecule has 2 rings (SSSR count). The summed E-state index contributed by atoms with van der Waals surface area (Å²) in [5.74, 6) is -0.191. The Morgan fingerprint density at radius 3 is 2.42 bits per heavy atom. The molecule has 2 amide bonds. The Balaban J connectivity index is 1.78. The molecule has 0 aliphatic carbocycles. The van der Waals surface area contributed by atoms with Crippen LogP contribution in [0.3, 0.4) is 0 Å². The summed E-state index contributed by atoms with van der Waals surface area (Å²) in [6, 6.07) is 12.2. The number of likely N-dealkylation sites (N-methyl/N-ethyl adjacent to an activating group) is 1. The third-order valence-electron chi connectivity index (χ3n) is 4.27. The van der Waals surface area contributed by atoms with Crippen molar-refractivity contribution in [2.75, 3.05) is 27.2 Å². The molecule has 140 valence electrons. The van der Waals surface area contributed by atoms with Gasteiger partial charge in [-0.25, -0.2) is 0 Å². The second-order valence-electron chi connectivity index (χ2n) is 6.36. The van der Waals surface area contributed by atoms with E-state index in [4.69, 9.17) is 0 Å².